The van der Waals surface area contributed by atoms with Gasteiger partial charge in [-0.1, -0.05) is 54.6 Å². The fraction of sp³-hybridized carbons (Fsp3) is 0.261. The molecule has 0 radical (unpaired) electrons. The molecule has 154 valence electrons. The molecular formula is C23H23N3O2S2. The first-order chi connectivity index (χ1) is 14.4. The number of para-hydroxylation sites is 1. The molecular weight excluding hydrogens is 414 g/mol. The third kappa shape index (κ3) is 4.32. The second-order valence-corrected chi connectivity index (χ2v) is 9.83. The van der Waals surface area contributed by atoms with Crippen molar-refractivity contribution in [1.29, 1.82) is 0 Å². The number of carbonyl (C=O) groups is 1. The lowest BCUT2D eigenvalue weighted by Crippen LogP contribution is -2.24. The van der Waals surface area contributed by atoms with E-state index in [-0.39, 0.29) is 17.2 Å². The zero-order chi connectivity index (χ0) is 21.3. The predicted octanol–water partition coefficient (Wildman–Crippen LogP) is 4.62. The number of hydrogen-bond acceptors (Lipinski definition) is 5. The summed E-state index contributed by atoms with van der Waals surface area (Å²) in [5, 5.41) is 3.84. The molecule has 0 aliphatic carbocycles. The number of carbonyl (C=O) groups excluding carboxylic acids is 1. The van der Waals surface area contributed by atoms with Gasteiger partial charge in [-0.3, -0.25) is 14.2 Å². The van der Waals surface area contributed by atoms with Gasteiger partial charge in [-0.15, -0.1) is 11.8 Å². The maximum atomic E-state index is 13.2. The summed E-state index contributed by atoms with van der Waals surface area (Å²) in [4.78, 5) is 31.3. The molecule has 7 heteroatoms. The van der Waals surface area contributed by atoms with Crippen molar-refractivity contribution in [2.45, 2.75) is 42.5 Å². The molecule has 0 bridgehead atoms. The van der Waals surface area contributed by atoms with Crippen molar-refractivity contribution in [1.82, 2.24) is 9.55 Å². The highest BCUT2D eigenvalue weighted by Crippen LogP contribution is 2.34. The molecule has 2 heterocycles. The molecule has 1 aromatic heterocycles. The minimum atomic E-state index is -0.121. The van der Waals surface area contributed by atoms with E-state index in [9.17, 15) is 9.59 Å². The SMILES string of the molecule is Cc1ccc(NC(=O)CSc2nc3c(c(=O)n2-c2ccccc2)SC(C)C3)c(C)c1. The van der Waals surface area contributed by atoms with Crippen molar-refractivity contribution in [2.24, 2.45) is 0 Å². The van der Waals surface area contributed by atoms with Gasteiger partial charge in [0, 0.05) is 17.4 Å². The molecule has 1 atom stereocenters. The predicted molar refractivity (Wildman–Crippen MR) is 124 cm³/mol. The number of rotatable bonds is 5. The monoisotopic (exact) mass is 437 g/mol. The van der Waals surface area contributed by atoms with Crippen LogP contribution >= 0.6 is 23.5 Å². The van der Waals surface area contributed by atoms with Crippen LogP contribution in [0.15, 0.2) is 63.4 Å². The van der Waals surface area contributed by atoms with Crippen molar-refractivity contribution in [2.75, 3.05) is 11.1 Å². The van der Waals surface area contributed by atoms with Gasteiger partial charge in [-0.2, -0.15) is 0 Å². The molecule has 1 amide bonds. The van der Waals surface area contributed by atoms with Crippen LogP contribution in [0.3, 0.4) is 0 Å². The molecule has 30 heavy (non-hydrogen) atoms. The molecule has 0 saturated heterocycles. The van der Waals surface area contributed by atoms with Gasteiger partial charge in [0.15, 0.2) is 5.16 Å². The Kier molecular flexibility index (Phi) is 6.01. The lowest BCUT2D eigenvalue weighted by atomic mass is 10.1. The van der Waals surface area contributed by atoms with Crippen molar-refractivity contribution in [3.8, 4) is 5.69 Å². The first kappa shape index (κ1) is 20.8. The van der Waals surface area contributed by atoms with Crippen LogP contribution in [-0.4, -0.2) is 26.5 Å². The Morgan fingerprint density at radius 2 is 2.00 bits per heavy atom. The third-order valence-corrected chi connectivity index (χ3v) is 7.04. The number of amides is 1. The smallest absolute Gasteiger partial charge is 0.272 e. The third-order valence-electron chi connectivity index (χ3n) is 4.88. The minimum Gasteiger partial charge on any atom is -0.325 e. The normalized spacial score (nSPS) is 15.1. The Morgan fingerprint density at radius 1 is 1.23 bits per heavy atom. The number of benzene rings is 2. The number of anilines is 1. The molecule has 0 saturated carbocycles. The Morgan fingerprint density at radius 3 is 2.73 bits per heavy atom. The van der Waals surface area contributed by atoms with Crippen LogP contribution in [0, 0.1) is 13.8 Å². The van der Waals surface area contributed by atoms with Crippen LogP contribution in [0.5, 0.6) is 0 Å². The average Bonchev–Trinajstić information content (AvgIpc) is 3.10. The summed E-state index contributed by atoms with van der Waals surface area (Å²) >= 11 is 2.87. The summed E-state index contributed by atoms with van der Waals surface area (Å²) in [6.07, 6.45) is 0.771. The molecule has 4 rings (SSSR count). The van der Waals surface area contributed by atoms with Crippen molar-refractivity contribution < 1.29 is 4.79 Å². The van der Waals surface area contributed by atoms with Crippen LogP contribution in [0.25, 0.3) is 5.69 Å². The highest BCUT2D eigenvalue weighted by atomic mass is 32.2. The second kappa shape index (κ2) is 8.70. The summed E-state index contributed by atoms with van der Waals surface area (Å²) in [5.74, 6) is 0.0534. The van der Waals surface area contributed by atoms with Crippen LogP contribution < -0.4 is 10.9 Å². The molecule has 3 aromatic rings. The molecule has 1 aliphatic rings. The average molecular weight is 438 g/mol. The van der Waals surface area contributed by atoms with Gasteiger partial charge < -0.3 is 5.32 Å². The lowest BCUT2D eigenvalue weighted by molar-refractivity contribution is -0.113. The number of nitrogens with one attached hydrogen (secondary N) is 1. The summed E-state index contributed by atoms with van der Waals surface area (Å²) in [6.45, 7) is 6.10. The van der Waals surface area contributed by atoms with Gasteiger partial charge in [-0.25, -0.2) is 4.98 Å². The fourth-order valence-corrected chi connectivity index (χ4v) is 5.40. The largest absolute Gasteiger partial charge is 0.325 e. The van der Waals surface area contributed by atoms with Crippen LogP contribution in [-0.2, 0) is 11.2 Å². The fourth-order valence-electron chi connectivity index (χ4n) is 3.47. The molecule has 0 fully saturated rings. The van der Waals surface area contributed by atoms with Gasteiger partial charge in [-0.05, 0) is 37.6 Å². The van der Waals surface area contributed by atoms with E-state index < -0.39 is 0 Å². The highest BCUT2D eigenvalue weighted by molar-refractivity contribution is 8.00. The molecule has 2 aromatic carbocycles. The van der Waals surface area contributed by atoms with E-state index in [4.69, 9.17) is 4.98 Å². The van der Waals surface area contributed by atoms with Crippen LogP contribution in [0.2, 0.25) is 0 Å². The first-order valence-electron chi connectivity index (χ1n) is 9.80. The van der Waals surface area contributed by atoms with E-state index in [0.29, 0.717) is 10.4 Å². The van der Waals surface area contributed by atoms with Crippen molar-refractivity contribution >= 4 is 35.1 Å². The van der Waals surface area contributed by atoms with Gasteiger partial charge in [0.1, 0.15) is 0 Å². The first-order valence-corrected chi connectivity index (χ1v) is 11.7. The van der Waals surface area contributed by atoms with Gasteiger partial charge in [0.25, 0.3) is 5.56 Å². The minimum absolute atomic E-state index is 0.0576. The molecule has 1 aliphatic heterocycles. The maximum Gasteiger partial charge on any atom is 0.272 e. The van der Waals surface area contributed by atoms with E-state index in [1.165, 1.54) is 11.8 Å². The standard InChI is InChI=1S/C23H23N3O2S2/c1-14-9-10-18(15(2)11-14)24-20(27)13-29-23-25-19-12-16(3)30-21(19)22(28)26(23)17-7-5-4-6-8-17/h4-11,16H,12-13H2,1-3H3,(H,24,27). The summed E-state index contributed by atoms with van der Waals surface area (Å²) in [5.41, 5.74) is 4.52. The Balaban J connectivity index is 1.61. The summed E-state index contributed by atoms with van der Waals surface area (Å²) in [6, 6.07) is 15.4. The van der Waals surface area contributed by atoms with Crippen LogP contribution in [0.1, 0.15) is 23.7 Å². The van der Waals surface area contributed by atoms with E-state index in [2.05, 4.69) is 12.2 Å². The van der Waals surface area contributed by atoms with E-state index in [1.807, 2.05) is 62.4 Å². The lowest BCUT2D eigenvalue weighted by Gasteiger charge is -2.14. The van der Waals surface area contributed by atoms with Gasteiger partial charge in [0.05, 0.1) is 22.0 Å². The Hall–Kier alpha value is -2.51. The number of thioether (sulfide) groups is 2. The quantitative estimate of drug-likeness (QED) is 0.466. The number of hydrogen-bond donors (Lipinski definition) is 1. The highest BCUT2D eigenvalue weighted by Gasteiger charge is 2.27. The number of aromatic nitrogens is 2. The van der Waals surface area contributed by atoms with E-state index >= 15 is 0 Å². The molecule has 5 nitrogen and oxygen atoms in total. The topological polar surface area (TPSA) is 64.0 Å². The van der Waals surface area contributed by atoms with E-state index in [1.54, 1.807) is 16.3 Å². The van der Waals surface area contributed by atoms with Crippen molar-refractivity contribution in [3.05, 3.63) is 75.7 Å². The Labute approximate surface area is 184 Å². The molecule has 1 unspecified atom stereocenters. The number of aryl methyl sites for hydroxylation is 2. The zero-order valence-corrected chi connectivity index (χ0v) is 18.8. The van der Waals surface area contributed by atoms with Crippen LogP contribution in [0.4, 0.5) is 5.69 Å². The summed E-state index contributed by atoms with van der Waals surface area (Å²) in [7, 11) is 0. The summed E-state index contributed by atoms with van der Waals surface area (Å²) < 4.78 is 1.62. The molecule has 1 N–H and O–H groups in total. The zero-order valence-electron chi connectivity index (χ0n) is 17.1. The number of nitrogens with zero attached hydrogens (tertiary/aromatic N) is 2. The maximum absolute atomic E-state index is 13.2. The van der Waals surface area contributed by atoms with Gasteiger partial charge in [0.2, 0.25) is 5.91 Å². The molecule has 0 spiro atoms. The van der Waals surface area contributed by atoms with E-state index in [0.717, 1.165) is 39.5 Å². The number of fused-ring (bicyclic) bond motifs is 1. The van der Waals surface area contributed by atoms with Crippen molar-refractivity contribution in [3.63, 3.8) is 0 Å². The van der Waals surface area contributed by atoms with Gasteiger partial charge >= 0.3 is 0 Å². The second-order valence-electron chi connectivity index (χ2n) is 7.43. The Bertz CT molecular complexity index is 1160.